The second kappa shape index (κ2) is 3.44. The van der Waals surface area contributed by atoms with E-state index in [9.17, 15) is 5.11 Å². The summed E-state index contributed by atoms with van der Waals surface area (Å²) >= 11 is 0. The van der Waals surface area contributed by atoms with Crippen molar-refractivity contribution in [3.63, 3.8) is 0 Å². The van der Waals surface area contributed by atoms with Gasteiger partial charge in [0, 0.05) is 11.3 Å². The number of quaternary nitrogens is 1. The second-order valence-corrected chi connectivity index (χ2v) is 6.05. The number of aliphatic hydroxyl groups excluding tert-OH is 2. The predicted molar refractivity (Wildman–Crippen MR) is 58.3 cm³/mol. The van der Waals surface area contributed by atoms with E-state index in [4.69, 9.17) is 5.11 Å². The molecule has 0 aromatic rings. The first-order valence-electron chi connectivity index (χ1n) is 6.07. The minimum atomic E-state index is -0.210. The molecule has 0 amide bonds. The van der Waals surface area contributed by atoms with E-state index in [1.165, 1.54) is 6.42 Å². The van der Waals surface area contributed by atoms with E-state index >= 15 is 0 Å². The molecule has 0 aliphatic heterocycles. The van der Waals surface area contributed by atoms with Crippen molar-refractivity contribution in [3.8, 4) is 0 Å². The molecule has 2 saturated carbocycles. The highest BCUT2D eigenvalue weighted by molar-refractivity contribution is 5.14. The van der Waals surface area contributed by atoms with Gasteiger partial charge in [-0.1, -0.05) is 20.8 Å². The van der Waals surface area contributed by atoms with Crippen LogP contribution in [0.5, 0.6) is 0 Å². The molecule has 2 rings (SSSR count). The third kappa shape index (κ3) is 1.30. The Morgan fingerprint density at radius 3 is 2.47 bits per heavy atom. The molecule has 2 fully saturated rings. The number of hydrogen-bond donors (Lipinski definition) is 3. The molecular formula is C12H24NO2+. The van der Waals surface area contributed by atoms with E-state index in [0.29, 0.717) is 18.5 Å². The molecular weight excluding hydrogens is 190 g/mol. The lowest BCUT2D eigenvalue weighted by Crippen LogP contribution is -2.94. The smallest absolute Gasteiger partial charge is 0.116 e. The van der Waals surface area contributed by atoms with Gasteiger partial charge in [0.05, 0.1) is 13.2 Å². The quantitative estimate of drug-likeness (QED) is 0.605. The maximum atomic E-state index is 10.4. The van der Waals surface area contributed by atoms with Crippen LogP contribution >= 0.6 is 0 Å². The van der Waals surface area contributed by atoms with Gasteiger partial charge in [-0.25, -0.2) is 0 Å². The van der Waals surface area contributed by atoms with Crippen molar-refractivity contribution in [1.82, 2.24) is 0 Å². The van der Waals surface area contributed by atoms with Crippen LogP contribution in [0.2, 0.25) is 0 Å². The lowest BCUT2D eigenvalue weighted by molar-refractivity contribution is -0.703. The first kappa shape index (κ1) is 11.4. The SMILES string of the molecule is CC1(C)[C@H]2CC[C@]1(C)[C@H](O)[C@@H]2[NH2+]CCO. The second-order valence-electron chi connectivity index (χ2n) is 6.05. The van der Waals surface area contributed by atoms with Crippen LogP contribution < -0.4 is 5.32 Å². The molecule has 0 spiro atoms. The van der Waals surface area contributed by atoms with Crippen LogP contribution in [0.1, 0.15) is 33.6 Å². The summed E-state index contributed by atoms with van der Waals surface area (Å²) < 4.78 is 0. The van der Waals surface area contributed by atoms with Crippen molar-refractivity contribution >= 4 is 0 Å². The van der Waals surface area contributed by atoms with Crippen LogP contribution in [0.15, 0.2) is 0 Å². The molecule has 2 aliphatic carbocycles. The number of aliphatic hydroxyl groups is 2. The van der Waals surface area contributed by atoms with Gasteiger partial charge in [-0.05, 0) is 18.3 Å². The molecule has 0 heterocycles. The van der Waals surface area contributed by atoms with Crippen molar-refractivity contribution in [2.75, 3.05) is 13.2 Å². The van der Waals surface area contributed by atoms with E-state index in [1.54, 1.807) is 0 Å². The Bertz CT molecular complexity index is 254. The zero-order valence-corrected chi connectivity index (χ0v) is 10.0. The maximum absolute atomic E-state index is 10.4. The van der Waals surface area contributed by atoms with E-state index in [0.717, 1.165) is 6.42 Å². The maximum Gasteiger partial charge on any atom is 0.116 e. The van der Waals surface area contributed by atoms with Crippen LogP contribution in [-0.2, 0) is 0 Å². The van der Waals surface area contributed by atoms with Gasteiger partial charge in [-0.15, -0.1) is 0 Å². The molecule has 3 nitrogen and oxygen atoms in total. The van der Waals surface area contributed by atoms with Gasteiger partial charge in [0.2, 0.25) is 0 Å². The highest BCUT2D eigenvalue weighted by Gasteiger charge is 2.67. The zero-order chi connectivity index (χ0) is 11.3. The van der Waals surface area contributed by atoms with Crippen LogP contribution in [0.25, 0.3) is 0 Å². The van der Waals surface area contributed by atoms with Crippen LogP contribution in [0.3, 0.4) is 0 Å². The Morgan fingerprint density at radius 2 is 2.00 bits per heavy atom. The third-order valence-electron chi connectivity index (χ3n) is 5.42. The third-order valence-corrected chi connectivity index (χ3v) is 5.42. The summed E-state index contributed by atoms with van der Waals surface area (Å²) in [6, 6.07) is 0.297. The normalized spacial score (nSPS) is 47.4. The molecule has 15 heavy (non-hydrogen) atoms. The van der Waals surface area contributed by atoms with Crippen LogP contribution in [-0.4, -0.2) is 35.5 Å². The molecule has 2 bridgehead atoms. The fourth-order valence-electron chi connectivity index (χ4n) is 3.97. The summed E-state index contributed by atoms with van der Waals surface area (Å²) in [5, 5.41) is 21.4. The van der Waals surface area contributed by atoms with Gasteiger partial charge in [0.15, 0.2) is 0 Å². The first-order valence-corrected chi connectivity index (χ1v) is 6.07. The van der Waals surface area contributed by atoms with Crippen molar-refractivity contribution in [1.29, 1.82) is 0 Å². The lowest BCUT2D eigenvalue weighted by atomic mass is 9.70. The Morgan fingerprint density at radius 1 is 1.33 bits per heavy atom. The van der Waals surface area contributed by atoms with Crippen molar-refractivity contribution in [2.24, 2.45) is 16.7 Å². The summed E-state index contributed by atoms with van der Waals surface area (Å²) in [6.45, 7) is 7.73. The topological polar surface area (TPSA) is 57.1 Å². The molecule has 2 aliphatic rings. The molecule has 4 atom stereocenters. The fourth-order valence-corrected chi connectivity index (χ4v) is 3.97. The number of rotatable bonds is 3. The molecule has 0 saturated heterocycles. The average Bonchev–Trinajstić information content (AvgIpc) is 2.48. The summed E-state index contributed by atoms with van der Waals surface area (Å²) in [6.07, 6.45) is 2.17. The minimum Gasteiger partial charge on any atom is -0.391 e. The van der Waals surface area contributed by atoms with Crippen molar-refractivity contribution in [2.45, 2.75) is 45.8 Å². The monoisotopic (exact) mass is 214 g/mol. The van der Waals surface area contributed by atoms with Crippen molar-refractivity contribution < 1.29 is 15.5 Å². The van der Waals surface area contributed by atoms with Crippen LogP contribution in [0.4, 0.5) is 0 Å². The Balaban J connectivity index is 2.18. The minimum absolute atomic E-state index is 0.0777. The fraction of sp³-hybridized carbons (Fsp3) is 1.00. The molecule has 0 unspecified atom stereocenters. The van der Waals surface area contributed by atoms with Gasteiger partial charge in [-0.3, -0.25) is 0 Å². The highest BCUT2D eigenvalue weighted by Crippen LogP contribution is 2.64. The number of nitrogens with two attached hydrogens (primary N) is 1. The Hall–Kier alpha value is -0.120. The highest BCUT2D eigenvalue weighted by atomic mass is 16.3. The van der Waals surface area contributed by atoms with Gasteiger partial charge in [0.1, 0.15) is 12.1 Å². The number of hydrogen-bond acceptors (Lipinski definition) is 2. The molecule has 3 heteroatoms. The van der Waals surface area contributed by atoms with Gasteiger partial charge in [0.25, 0.3) is 0 Å². The standard InChI is InChI=1S/C12H23NO2/c1-11(2)8-4-5-12(11,3)10(15)9(8)13-6-7-14/h8-10,13-15H,4-7H2,1-3H3/p+1/t8-,9+,10+,12+/m0/s1. The Labute approximate surface area is 91.9 Å². The molecule has 0 radical (unpaired) electrons. The number of fused-ring (bicyclic) bond motifs is 2. The summed E-state index contributed by atoms with van der Waals surface area (Å²) in [5.41, 5.74) is 0.317. The van der Waals surface area contributed by atoms with E-state index in [1.807, 2.05) is 0 Å². The molecule has 0 aromatic carbocycles. The lowest BCUT2D eigenvalue weighted by Gasteiger charge is -2.36. The van der Waals surface area contributed by atoms with Crippen LogP contribution in [0, 0.1) is 16.7 Å². The first-order chi connectivity index (χ1) is 6.95. The van der Waals surface area contributed by atoms with Crippen molar-refractivity contribution in [3.05, 3.63) is 0 Å². The summed E-state index contributed by atoms with van der Waals surface area (Å²) in [4.78, 5) is 0. The summed E-state index contributed by atoms with van der Waals surface area (Å²) in [7, 11) is 0. The largest absolute Gasteiger partial charge is 0.391 e. The van der Waals surface area contributed by atoms with Gasteiger partial charge >= 0.3 is 0 Å². The van der Waals surface area contributed by atoms with E-state index < -0.39 is 0 Å². The molecule has 0 aromatic heterocycles. The summed E-state index contributed by atoms with van der Waals surface area (Å²) in [5.74, 6) is 0.601. The van der Waals surface area contributed by atoms with E-state index in [-0.39, 0.29) is 23.5 Å². The average molecular weight is 214 g/mol. The zero-order valence-electron chi connectivity index (χ0n) is 10.0. The molecule has 88 valence electrons. The Kier molecular flexibility index (Phi) is 2.61. The van der Waals surface area contributed by atoms with Gasteiger partial charge < -0.3 is 15.5 Å². The van der Waals surface area contributed by atoms with Gasteiger partial charge in [-0.2, -0.15) is 0 Å². The molecule has 4 N–H and O–H groups in total. The predicted octanol–water partition coefficient (Wildman–Crippen LogP) is -0.272. The van der Waals surface area contributed by atoms with E-state index in [2.05, 4.69) is 26.1 Å².